The summed E-state index contributed by atoms with van der Waals surface area (Å²) in [4.78, 5) is 11.6. The molecular weight excluding hydrogens is 226 g/mol. The molecule has 0 bridgehead atoms. The molecule has 0 atom stereocenters. The van der Waals surface area contributed by atoms with Crippen molar-refractivity contribution in [1.29, 1.82) is 0 Å². The summed E-state index contributed by atoms with van der Waals surface area (Å²) in [6.45, 7) is 2.76. The smallest absolute Gasteiger partial charge is 0.244 e. The van der Waals surface area contributed by atoms with E-state index in [1.165, 1.54) is 0 Å². The summed E-state index contributed by atoms with van der Waals surface area (Å²) in [5.74, 6) is 0.803. The number of carbonyl (C=O) groups is 1. The first-order valence-corrected chi connectivity index (χ1v) is 6.50. The highest BCUT2D eigenvalue weighted by atomic mass is 16.5. The summed E-state index contributed by atoms with van der Waals surface area (Å²) in [5, 5.41) is 2.92. The Labute approximate surface area is 108 Å². The van der Waals surface area contributed by atoms with Crippen LogP contribution >= 0.6 is 0 Å². The van der Waals surface area contributed by atoms with Crippen LogP contribution in [0.25, 0.3) is 6.08 Å². The van der Waals surface area contributed by atoms with E-state index in [0.717, 1.165) is 30.6 Å². The van der Waals surface area contributed by atoms with E-state index in [-0.39, 0.29) is 5.91 Å². The monoisotopic (exact) mass is 245 g/mol. The van der Waals surface area contributed by atoms with Gasteiger partial charge in [-0.2, -0.15) is 0 Å². The molecular formula is C15H19NO2. The molecule has 0 heterocycles. The number of carbonyl (C=O) groups excluding carboxylic acids is 1. The van der Waals surface area contributed by atoms with Gasteiger partial charge < -0.3 is 10.1 Å². The van der Waals surface area contributed by atoms with Crippen LogP contribution in [0.15, 0.2) is 30.3 Å². The first-order chi connectivity index (χ1) is 8.79. The Hall–Kier alpha value is -1.77. The highest BCUT2D eigenvalue weighted by molar-refractivity contribution is 5.92. The predicted octanol–water partition coefficient (Wildman–Crippen LogP) is 2.77. The van der Waals surface area contributed by atoms with E-state index in [1.807, 2.05) is 30.3 Å². The first-order valence-electron chi connectivity index (χ1n) is 6.50. The molecule has 96 valence electrons. The zero-order valence-corrected chi connectivity index (χ0v) is 10.7. The van der Waals surface area contributed by atoms with Crippen molar-refractivity contribution >= 4 is 12.0 Å². The van der Waals surface area contributed by atoms with Gasteiger partial charge in [0.2, 0.25) is 5.91 Å². The topological polar surface area (TPSA) is 38.3 Å². The number of benzene rings is 1. The average Bonchev–Trinajstić information content (AvgIpc) is 3.18. The molecule has 18 heavy (non-hydrogen) atoms. The van der Waals surface area contributed by atoms with Crippen molar-refractivity contribution in [2.45, 2.75) is 32.2 Å². The van der Waals surface area contributed by atoms with Crippen molar-refractivity contribution in [1.82, 2.24) is 5.32 Å². The minimum absolute atomic E-state index is 0.0252. The highest BCUT2D eigenvalue weighted by Crippen LogP contribution is 2.20. The van der Waals surface area contributed by atoms with Crippen molar-refractivity contribution in [3.05, 3.63) is 35.9 Å². The molecule has 1 N–H and O–H groups in total. The zero-order chi connectivity index (χ0) is 12.8. The van der Waals surface area contributed by atoms with Gasteiger partial charge in [-0.05, 0) is 31.4 Å². The number of para-hydroxylation sites is 1. The number of rotatable bonds is 6. The summed E-state index contributed by atoms with van der Waals surface area (Å²) in [6, 6.07) is 8.15. The van der Waals surface area contributed by atoms with Gasteiger partial charge in [0.15, 0.2) is 0 Å². The number of ether oxygens (including phenoxy) is 1. The van der Waals surface area contributed by atoms with Gasteiger partial charge >= 0.3 is 0 Å². The van der Waals surface area contributed by atoms with Gasteiger partial charge in [-0.1, -0.05) is 25.1 Å². The van der Waals surface area contributed by atoms with Crippen LogP contribution in [0, 0.1) is 0 Å². The van der Waals surface area contributed by atoms with E-state index in [1.54, 1.807) is 6.08 Å². The summed E-state index contributed by atoms with van der Waals surface area (Å²) < 4.78 is 5.63. The molecule has 1 saturated carbocycles. The van der Waals surface area contributed by atoms with E-state index < -0.39 is 0 Å². The first kappa shape index (κ1) is 12.7. The fraction of sp³-hybridized carbons (Fsp3) is 0.400. The molecule has 1 fully saturated rings. The van der Waals surface area contributed by atoms with Crippen LogP contribution in [0.1, 0.15) is 31.7 Å². The lowest BCUT2D eigenvalue weighted by Crippen LogP contribution is -2.22. The van der Waals surface area contributed by atoms with E-state index in [2.05, 4.69) is 12.2 Å². The van der Waals surface area contributed by atoms with E-state index in [4.69, 9.17) is 4.74 Å². The van der Waals surface area contributed by atoms with Crippen molar-refractivity contribution < 1.29 is 9.53 Å². The summed E-state index contributed by atoms with van der Waals surface area (Å²) in [6.07, 6.45) is 6.57. The lowest BCUT2D eigenvalue weighted by molar-refractivity contribution is -0.116. The largest absolute Gasteiger partial charge is 0.493 e. The molecule has 0 spiro atoms. The Morgan fingerprint density at radius 3 is 2.94 bits per heavy atom. The number of hydrogen-bond donors (Lipinski definition) is 1. The minimum atomic E-state index is -0.0252. The second kappa shape index (κ2) is 6.24. The molecule has 1 aliphatic carbocycles. The van der Waals surface area contributed by atoms with Crippen molar-refractivity contribution in [3.8, 4) is 5.75 Å². The van der Waals surface area contributed by atoms with Crippen molar-refractivity contribution in [2.24, 2.45) is 0 Å². The molecule has 1 aliphatic rings. The van der Waals surface area contributed by atoms with Gasteiger partial charge in [0, 0.05) is 17.7 Å². The van der Waals surface area contributed by atoms with Crippen molar-refractivity contribution in [2.75, 3.05) is 6.61 Å². The van der Waals surface area contributed by atoms with Gasteiger partial charge in [-0.15, -0.1) is 0 Å². The third-order valence-electron chi connectivity index (χ3n) is 2.72. The van der Waals surface area contributed by atoms with E-state index in [0.29, 0.717) is 12.6 Å². The zero-order valence-electron chi connectivity index (χ0n) is 10.7. The lowest BCUT2D eigenvalue weighted by Gasteiger charge is -2.07. The fourth-order valence-electron chi connectivity index (χ4n) is 1.60. The maximum Gasteiger partial charge on any atom is 0.244 e. The Kier molecular flexibility index (Phi) is 4.40. The van der Waals surface area contributed by atoms with Crippen LogP contribution in [-0.2, 0) is 4.79 Å². The molecule has 0 aromatic heterocycles. The van der Waals surface area contributed by atoms with E-state index >= 15 is 0 Å². The maximum absolute atomic E-state index is 11.6. The Morgan fingerprint density at radius 2 is 2.22 bits per heavy atom. The minimum Gasteiger partial charge on any atom is -0.493 e. The number of amides is 1. The second-order valence-electron chi connectivity index (χ2n) is 4.50. The SMILES string of the molecule is CCCOc1ccccc1/C=C/C(=O)NC1CC1. The number of hydrogen-bond acceptors (Lipinski definition) is 2. The molecule has 0 aliphatic heterocycles. The predicted molar refractivity (Wildman–Crippen MR) is 72.4 cm³/mol. The molecule has 0 saturated heterocycles. The normalized spacial score (nSPS) is 14.7. The van der Waals surface area contributed by atoms with Gasteiger partial charge in [0.1, 0.15) is 5.75 Å². The van der Waals surface area contributed by atoms with Crippen LogP contribution in [-0.4, -0.2) is 18.6 Å². The summed E-state index contributed by atoms with van der Waals surface area (Å²) in [5.41, 5.74) is 0.942. The molecule has 1 amide bonds. The third kappa shape index (κ3) is 3.91. The van der Waals surface area contributed by atoms with Crippen LogP contribution in [0.2, 0.25) is 0 Å². The Bertz CT molecular complexity index is 436. The molecule has 3 nitrogen and oxygen atoms in total. The number of nitrogens with one attached hydrogen (secondary N) is 1. The van der Waals surface area contributed by atoms with Gasteiger partial charge in [-0.25, -0.2) is 0 Å². The average molecular weight is 245 g/mol. The summed E-state index contributed by atoms with van der Waals surface area (Å²) >= 11 is 0. The van der Waals surface area contributed by atoms with Gasteiger partial charge in [0.25, 0.3) is 0 Å². The van der Waals surface area contributed by atoms with Crippen LogP contribution in [0.3, 0.4) is 0 Å². The second-order valence-corrected chi connectivity index (χ2v) is 4.50. The molecule has 1 aromatic carbocycles. The molecule has 3 heteroatoms. The fourth-order valence-corrected chi connectivity index (χ4v) is 1.60. The third-order valence-corrected chi connectivity index (χ3v) is 2.72. The van der Waals surface area contributed by atoms with Crippen molar-refractivity contribution in [3.63, 3.8) is 0 Å². The molecule has 2 rings (SSSR count). The standard InChI is InChI=1S/C15H19NO2/c1-2-11-18-14-6-4-3-5-12(14)7-10-15(17)16-13-8-9-13/h3-7,10,13H,2,8-9,11H2,1H3,(H,16,17)/b10-7+. The maximum atomic E-state index is 11.6. The van der Waals surface area contributed by atoms with Gasteiger partial charge in [-0.3, -0.25) is 4.79 Å². The van der Waals surface area contributed by atoms with Crippen LogP contribution in [0.5, 0.6) is 5.75 Å². The highest BCUT2D eigenvalue weighted by Gasteiger charge is 2.22. The molecule has 0 unspecified atom stereocenters. The lowest BCUT2D eigenvalue weighted by atomic mass is 10.2. The molecule has 1 aromatic rings. The summed E-state index contributed by atoms with van der Waals surface area (Å²) in [7, 11) is 0. The Balaban J connectivity index is 1.97. The quantitative estimate of drug-likeness (QED) is 0.783. The molecule has 0 radical (unpaired) electrons. The Morgan fingerprint density at radius 1 is 1.44 bits per heavy atom. The van der Waals surface area contributed by atoms with Crippen LogP contribution in [0.4, 0.5) is 0 Å². The van der Waals surface area contributed by atoms with E-state index in [9.17, 15) is 4.79 Å². The van der Waals surface area contributed by atoms with Crippen LogP contribution < -0.4 is 10.1 Å². The van der Waals surface area contributed by atoms with Gasteiger partial charge in [0.05, 0.1) is 6.61 Å².